The molecule has 0 amide bonds. The van der Waals surface area contributed by atoms with Crippen molar-refractivity contribution in [1.29, 1.82) is 0 Å². The van der Waals surface area contributed by atoms with Crippen LogP contribution in [-0.2, 0) is 28.6 Å². The van der Waals surface area contributed by atoms with Crippen LogP contribution in [0.2, 0.25) is 0 Å². The lowest BCUT2D eigenvalue weighted by atomic mass is 10.1. The Morgan fingerprint density at radius 3 is 0.912 bits per heavy atom. The topological polar surface area (TPSA) is 78.9 Å². The summed E-state index contributed by atoms with van der Waals surface area (Å²) in [5.41, 5.74) is 0. The van der Waals surface area contributed by atoms with Crippen LogP contribution in [0.5, 0.6) is 0 Å². The first-order chi connectivity index (χ1) is 33.5. The Kier molecular flexibility index (Phi) is 52.9. The van der Waals surface area contributed by atoms with Gasteiger partial charge in [-0.25, -0.2) is 0 Å². The van der Waals surface area contributed by atoms with E-state index in [1.165, 1.54) is 89.9 Å². The summed E-state index contributed by atoms with van der Waals surface area (Å²) in [6.07, 6.45) is 74.4. The van der Waals surface area contributed by atoms with Gasteiger partial charge in [-0.15, -0.1) is 0 Å². The highest BCUT2D eigenvalue weighted by molar-refractivity contribution is 5.71. The predicted molar refractivity (Wildman–Crippen MR) is 293 cm³/mol. The van der Waals surface area contributed by atoms with E-state index in [4.69, 9.17) is 14.2 Å². The molecule has 0 N–H and O–H groups in total. The molecule has 68 heavy (non-hydrogen) atoms. The molecule has 0 aromatic heterocycles. The van der Waals surface area contributed by atoms with E-state index in [1.54, 1.807) is 0 Å². The zero-order valence-electron chi connectivity index (χ0n) is 44.3. The van der Waals surface area contributed by atoms with Crippen molar-refractivity contribution in [2.75, 3.05) is 13.2 Å². The van der Waals surface area contributed by atoms with Crippen molar-refractivity contribution in [1.82, 2.24) is 0 Å². The fourth-order valence-electron chi connectivity index (χ4n) is 7.59. The van der Waals surface area contributed by atoms with Gasteiger partial charge < -0.3 is 14.2 Å². The van der Waals surface area contributed by atoms with Gasteiger partial charge in [-0.3, -0.25) is 14.4 Å². The number of allylic oxidation sites excluding steroid dienone is 16. The molecule has 0 aliphatic carbocycles. The molecule has 6 nitrogen and oxygen atoms in total. The van der Waals surface area contributed by atoms with Gasteiger partial charge in [0.2, 0.25) is 0 Å². The summed E-state index contributed by atoms with van der Waals surface area (Å²) >= 11 is 0. The Hall–Kier alpha value is -3.67. The van der Waals surface area contributed by atoms with Crippen molar-refractivity contribution in [3.8, 4) is 0 Å². The average molecular weight is 946 g/mol. The third-order valence-corrected chi connectivity index (χ3v) is 11.8. The summed E-state index contributed by atoms with van der Waals surface area (Å²) in [5, 5.41) is 0. The highest BCUT2D eigenvalue weighted by atomic mass is 16.6. The van der Waals surface area contributed by atoms with Crippen LogP contribution >= 0.6 is 0 Å². The van der Waals surface area contributed by atoms with Gasteiger partial charge in [0.05, 0.1) is 0 Å². The lowest BCUT2D eigenvalue weighted by Gasteiger charge is -2.18. The largest absolute Gasteiger partial charge is 0.462 e. The first-order valence-corrected chi connectivity index (χ1v) is 28.2. The number of hydrogen-bond donors (Lipinski definition) is 0. The Labute approximate surface area is 419 Å². The highest BCUT2D eigenvalue weighted by Crippen LogP contribution is 2.14. The third-order valence-electron chi connectivity index (χ3n) is 11.8. The summed E-state index contributed by atoms with van der Waals surface area (Å²) in [4.78, 5) is 37.7. The van der Waals surface area contributed by atoms with Gasteiger partial charge in [0, 0.05) is 19.3 Å². The number of unbranched alkanes of at least 4 members (excludes halogenated alkanes) is 23. The van der Waals surface area contributed by atoms with E-state index in [0.29, 0.717) is 19.3 Å². The van der Waals surface area contributed by atoms with Crippen molar-refractivity contribution in [2.45, 2.75) is 264 Å². The number of carbonyl (C=O) groups excluding carboxylic acids is 3. The van der Waals surface area contributed by atoms with E-state index < -0.39 is 6.10 Å². The van der Waals surface area contributed by atoms with Crippen LogP contribution in [0.25, 0.3) is 0 Å². The maximum Gasteiger partial charge on any atom is 0.306 e. The van der Waals surface area contributed by atoms with E-state index in [1.807, 2.05) is 0 Å². The second-order valence-electron chi connectivity index (χ2n) is 18.5. The monoisotopic (exact) mass is 945 g/mol. The van der Waals surface area contributed by atoms with Crippen LogP contribution in [0, 0.1) is 0 Å². The lowest BCUT2D eigenvalue weighted by Crippen LogP contribution is -2.30. The molecule has 1 unspecified atom stereocenters. The second kappa shape index (κ2) is 55.9. The summed E-state index contributed by atoms with van der Waals surface area (Å²) in [5.74, 6) is -0.916. The van der Waals surface area contributed by atoms with E-state index in [-0.39, 0.29) is 31.1 Å². The molecule has 0 saturated carbocycles. The molecule has 1 atom stereocenters. The first kappa shape index (κ1) is 64.3. The SMILES string of the molecule is CC/C=C\C/C=C\C/C=C\C/C=C\C/C=C\C/C=C\CCCCCCCCCCCCC(=O)OCC(COC(=O)CCCCCCC)OC(=O)CCCCCCC/C=C\C/C=C\CCCCCC. The first-order valence-electron chi connectivity index (χ1n) is 28.2. The molecule has 0 heterocycles. The quantitative estimate of drug-likeness (QED) is 0.0262. The van der Waals surface area contributed by atoms with Crippen LogP contribution < -0.4 is 0 Å². The molecule has 0 aromatic carbocycles. The normalized spacial score (nSPS) is 12.8. The standard InChI is InChI=1S/C62H104O6/c1-4-7-10-13-15-17-19-21-23-25-26-27-28-29-30-31-32-33-34-35-36-37-39-40-42-44-46-49-52-55-61(64)67-58-59(57-66-60(63)54-51-48-12-9-6-3)68-62(65)56-53-50-47-45-43-41-38-24-22-20-18-16-14-11-8-5-2/h7,10,15,17-18,20-21,23-24,26-27,29-30,32-33,38,59H,4-6,8-9,11-14,16,19,22,25,28,31,34-37,39-58H2,1-3H3/b10-7-,17-15-,20-18-,23-21-,27-26-,30-29-,33-32-,38-24-. The Morgan fingerprint density at radius 1 is 0.309 bits per heavy atom. The average Bonchev–Trinajstić information content (AvgIpc) is 3.34. The van der Waals surface area contributed by atoms with Gasteiger partial charge in [-0.2, -0.15) is 0 Å². The zero-order chi connectivity index (χ0) is 49.3. The molecule has 0 spiro atoms. The fraction of sp³-hybridized carbons (Fsp3) is 0.694. The van der Waals surface area contributed by atoms with E-state index in [0.717, 1.165) is 128 Å². The van der Waals surface area contributed by atoms with Gasteiger partial charge in [0.1, 0.15) is 13.2 Å². The van der Waals surface area contributed by atoms with Crippen LogP contribution in [0.1, 0.15) is 258 Å². The van der Waals surface area contributed by atoms with Gasteiger partial charge in [-0.1, -0.05) is 234 Å². The van der Waals surface area contributed by atoms with Crippen molar-refractivity contribution < 1.29 is 28.6 Å². The molecule has 0 radical (unpaired) electrons. The minimum absolute atomic E-state index is 0.0848. The van der Waals surface area contributed by atoms with Gasteiger partial charge in [0.15, 0.2) is 6.10 Å². The molecule has 0 aliphatic rings. The van der Waals surface area contributed by atoms with Crippen LogP contribution in [0.3, 0.4) is 0 Å². The molecule has 0 aliphatic heterocycles. The molecular weight excluding hydrogens is 841 g/mol. The Morgan fingerprint density at radius 2 is 0.574 bits per heavy atom. The second-order valence-corrected chi connectivity index (χ2v) is 18.5. The van der Waals surface area contributed by atoms with Crippen molar-refractivity contribution >= 4 is 17.9 Å². The fourth-order valence-corrected chi connectivity index (χ4v) is 7.59. The molecular formula is C62H104O6. The molecule has 6 heteroatoms. The smallest absolute Gasteiger partial charge is 0.306 e. The van der Waals surface area contributed by atoms with Gasteiger partial charge in [0.25, 0.3) is 0 Å². The van der Waals surface area contributed by atoms with Crippen LogP contribution in [0.15, 0.2) is 97.2 Å². The number of esters is 3. The predicted octanol–water partition coefficient (Wildman–Crippen LogP) is 18.9. The van der Waals surface area contributed by atoms with E-state index in [9.17, 15) is 14.4 Å². The zero-order valence-corrected chi connectivity index (χ0v) is 44.3. The van der Waals surface area contributed by atoms with Crippen LogP contribution in [-0.4, -0.2) is 37.2 Å². The maximum absolute atomic E-state index is 12.7. The van der Waals surface area contributed by atoms with Crippen LogP contribution in [0.4, 0.5) is 0 Å². The minimum atomic E-state index is -0.783. The summed E-state index contributed by atoms with van der Waals surface area (Å²) in [6.45, 7) is 6.41. The molecule has 0 rings (SSSR count). The van der Waals surface area contributed by atoms with Crippen molar-refractivity contribution in [3.63, 3.8) is 0 Å². The van der Waals surface area contributed by atoms with Crippen molar-refractivity contribution in [3.05, 3.63) is 97.2 Å². The summed E-state index contributed by atoms with van der Waals surface area (Å²) < 4.78 is 16.7. The minimum Gasteiger partial charge on any atom is -0.462 e. The Balaban J connectivity index is 4.10. The van der Waals surface area contributed by atoms with Gasteiger partial charge >= 0.3 is 17.9 Å². The third kappa shape index (κ3) is 53.3. The summed E-state index contributed by atoms with van der Waals surface area (Å²) in [7, 11) is 0. The summed E-state index contributed by atoms with van der Waals surface area (Å²) in [6, 6.07) is 0. The highest BCUT2D eigenvalue weighted by Gasteiger charge is 2.19. The maximum atomic E-state index is 12.7. The van der Waals surface area contributed by atoms with Gasteiger partial charge in [-0.05, 0) is 103 Å². The molecule has 388 valence electrons. The van der Waals surface area contributed by atoms with Crippen molar-refractivity contribution in [2.24, 2.45) is 0 Å². The number of hydrogen-bond acceptors (Lipinski definition) is 6. The number of ether oxygens (including phenoxy) is 3. The Bertz CT molecular complexity index is 1360. The number of rotatable bonds is 50. The lowest BCUT2D eigenvalue weighted by molar-refractivity contribution is -0.167. The number of carbonyl (C=O) groups is 3. The molecule has 0 bridgehead atoms. The van der Waals surface area contributed by atoms with E-state index >= 15 is 0 Å². The molecule has 0 fully saturated rings. The van der Waals surface area contributed by atoms with E-state index in [2.05, 4.69) is 118 Å². The molecule has 0 aromatic rings. The molecule has 0 saturated heterocycles.